The van der Waals surface area contributed by atoms with E-state index in [4.69, 9.17) is 9.47 Å². The molecule has 3 heterocycles. The fourth-order valence-corrected chi connectivity index (χ4v) is 4.50. The van der Waals surface area contributed by atoms with Gasteiger partial charge in [0.2, 0.25) is 5.91 Å². The smallest absolute Gasteiger partial charge is 0.242 e. The highest BCUT2D eigenvalue weighted by atomic mass is 16.6. The van der Waals surface area contributed by atoms with Gasteiger partial charge < -0.3 is 19.3 Å². The van der Waals surface area contributed by atoms with Crippen LogP contribution in [0, 0.1) is 0 Å². The molecule has 0 bridgehead atoms. The van der Waals surface area contributed by atoms with Crippen molar-refractivity contribution in [3.63, 3.8) is 0 Å². The van der Waals surface area contributed by atoms with Crippen LogP contribution in [0.5, 0.6) is 11.5 Å². The largest absolute Gasteiger partial charge is 0.486 e. The van der Waals surface area contributed by atoms with Gasteiger partial charge >= 0.3 is 0 Å². The Labute approximate surface area is 159 Å². The zero-order valence-corrected chi connectivity index (χ0v) is 15.4. The molecule has 5 heteroatoms. The quantitative estimate of drug-likeness (QED) is 0.839. The van der Waals surface area contributed by atoms with Gasteiger partial charge in [-0.1, -0.05) is 24.3 Å². The molecule has 0 spiro atoms. The standard InChI is InChI=1S/C22H24N2O3/c25-22(15-23-11-9-16-4-1-2-5-18(16)23)24-10-3-6-19(24)17-7-8-20-21(14-17)27-13-12-26-20/h1-2,4-5,7-8,14,19H,3,6,9-13,15H2/t19-/m1/s1. The van der Waals surface area contributed by atoms with Crippen molar-refractivity contribution in [2.45, 2.75) is 25.3 Å². The van der Waals surface area contributed by atoms with Crippen LogP contribution in [0.2, 0.25) is 0 Å². The van der Waals surface area contributed by atoms with Crippen molar-refractivity contribution < 1.29 is 14.3 Å². The number of carbonyl (C=O) groups is 1. The molecule has 3 aliphatic heterocycles. The number of carbonyl (C=O) groups excluding carboxylic acids is 1. The van der Waals surface area contributed by atoms with Crippen molar-refractivity contribution in [3.8, 4) is 11.5 Å². The molecule has 3 aliphatic rings. The van der Waals surface area contributed by atoms with Crippen LogP contribution in [0.3, 0.4) is 0 Å². The number of amides is 1. The summed E-state index contributed by atoms with van der Waals surface area (Å²) in [6.45, 7) is 3.38. The molecule has 0 aromatic heterocycles. The number of likely N-dealkylation sites (tertiary alicyclic amines) is 1. The van der Waals surface area contributed by atoms with E-state index in [1.165, 1.54) is 11.3 Å². The maximum Gasteiger partial charge on any atom is 0.242 e. The van der Waals surface area contributed by atoms with Gasteiger partial charge in [-0.15, -0.1) is 0 Å². The summed E-state index contributed by atoms with van der Waals surface area (Å²) in [6, 6.07) is 14.6. The predicted molar refractivity (Wildman–Crippen MR) is 103 cm³/mol. The van der Waals surface area contributed by atoms with E-state index in [0.29, 0.717) is 19.8 Å². The van der Waals surface area contributed by atoms with Crippen LogP contribution in [0.4, 0.5) is 5.69 Å². The van der Waals surface area contributed by atoms with E-state index >= 15 is 0 Å². The summed E-state index contributed by atoms with van der Waals surface area (Å²) in [4.78, 5) is 17.4. The van der Waals surface area contributed by atoms with Crippen molar-refractivity contribution in [1.29, 1.82) is 0 Å². The number of ether oxygens (including phenoxy) is 2. The molecule has 2 aromatic rings. The lowest BCUT2D eigenvalue weighted by atomic mass is 10.0. The van der Waals surface area contributed by atoms with Gasteiger partial charge in [-0.05, 0) is 48.6 Å². The maximum absolute atomic E-state index is 13.1. The van der Waals surface area contributed by atoms with E-state index in [0.717, 1.165) is 49.4 Å². The molecule has 2 aromatic carbocycles. The second-order valence-electron chi connectivity index (χ2n) is 7.45. The Bertz CT molecular complexity index is 866. The van der Waals surface area contributed by atoms with Gasteiger partial charge in [0.1, 0.15) is 13.2 Å². The van der Waals surface area contributed by atoms with Gasteiger partial charge in [-0.2, -0.15) is 0 Å². The third-order valence-electron chi connectivity index (χ3n) is 5.83. The summed E-state index contributed by atoms with van der Waals surface area (Å²) in [5.74, 6) is 1.81. The Balaban J connectivity index is 1.33. The van der Waals surface area contributed by atoms with Crippen molar-refractivity contribution in [3.05, 3.63) is 53.6 Å². The topological polar surface area (TPSA) is 42.0 Å². The maximum atomic E-state index is 13.1. The molecular weight excluding hydrogens is 340 g/mol. The first kappa shape index (κ1) is 16.5. The Morgan fingerprint density at radius 1 is 1.04 bits per heavy atom. The molecular formula is C22H24N2O3. The van der Waals surface area contributed by atoms with Crippen molar-refractivity contribution in [2.75, 3.05) is 37.7 Å². The molecule has 1 atom stereocenters. The summed E-state index contributed by atoms with van der Waals surface area (Å²) in [5, 5.41) is 0. The Hall–Kier alpha value is -2.69. The third-order valence-corrected chi connectivity index (χ3v) is 5.83. The summed E-state index contributed by atoms with van der Waals surface area (Å²) < 4.78 is 11.4. The number of nitrogens with zero attached hydrogens (tertiary/aromatic N) is 2. The summed E-state index contributed by atoms with van der Waals surface area (Å²) in [7, 11) is 0. The van der Waals surface area contributed by atoms with E-state index in [1.807, 2.05) is 11.0 Å². The minimum Gasteiger partial charge on any atom is -0.486 e. The fraction of sp³-hybridized carbons (Fsp3) is 0.409. The number of fused-ring (bicyclic) bond motifs is 2. The van der Waals surface area contributed by atoms with E-state index in [9.17, 15) is 4.79 Å². The zero-order chi connectivity index (χ0) is 18.2. The first-order valence-corrected chi connectivity index (χ1v) is 9.81. The number of benzene rings is 2. The molecule has 27 heavy (non-hydrogen) atoms. The lowest BCUT2D eigenvalue weighted by Gasteiger charge is -2.29. The molecule has 5 nitrogen and oxygen atoms in total. The third kappa shape index (κ3) is 3.01. The predicted octanol–water partition coefficient (Wildman–Crippen LogP) is 3.18. The Kier molecular flexibility index (Phi) is 4.15. The van der Waals surface area contributed by atoms with Crippen LogP contribution < -0.4 is 14.4 Å². The van der Waals surface area contributed by atoms with Crippen LogP contribution in [0.15, 0.2) is 42.5 Å². The highest BCUT2D eigenvalue weighted by molar-refractivity contribution is 5.83. The highest BCUT2D eigenvalue weighted by Gasteiger charge is 2.32. The zero-order valence-electron chi connectivity index (χ0n) is 15.4. The fourth-order valence-electron chi connectivity index (χ4n) is 4.50. The van der Waals surface area contributed by atoms with Gasteiger partial charge in [0, 0.05) is 18.8 Å². The molecule has 0 aliphatic carbocycles. The molecule has 0 N–H and O–H groups in total. The molecule has 0 saturated carbocycles. The molecule has 140 valence electrons. The molecule has 1 saturated heterocycles. The van der Waals surface area contributed by atoms with Gasteiger partial charge in [-0.3, -0.25) is 4.79 Å². The van der Waals surface area contributed by atoms with Crippen LogP contribution in [-0.2, 0) is 11.2 Å². The monoisotopic (exact) mass is 364 g/mol. The van der Waals surface area contributed by atoms with Crippen LogP contribution in [0.25, 0.3) is 0 Å². The number of anilines is 1. The summed E-state index contributed by atoms with van der Waals surface area (Å²) in [5.41, 5.74) is 3.70. The molecule has 0 unspecified atom stereocenters. The van der Waals surface area contributed by atoms with Crippen LogP contribution in [0.1, 0.15) is 30.0 Å². The molecule has 0 radical (unpaired) electrons. The van der Waals surface area contributed by atoms with E-state index in [-0.39, 0.29) is 11.9 Å². The molecule has 1 fully saturated rings. The van der Waals surface area contributed by atoms with Gasteiger partial charge in [-0.25, -0.2) is 0 Å². The minimum absolute atomic E-state index is 0.131. The lowest BCUT2D eigenvalue weighted by Crippen LogP contribution is -2.39. The van der Waals surface area contributed by atoms with Crippen molar-refractivity contribution in [2.24, 2.45) is 0 Å². The normalized spacial score (nSPS) is 20.7. The lowest BCUT2D eigenvalue weighted by molar-refractivity contribution is -0.130. The molecule has 1 amide bonds. The summed E-state index contributed by atoms with van der Waals surface area (Å²) >= 11 is 0. The number of hydrogen-bond acceptors (Lipinski definition) is 4. The number of para-hydroxylation sites is 1. The second kappa shape index (κ2) is 6.80. The van der Waals surface area contributed by atoms with Gasteiger partial charge in [0.25, 0.3) is 0 Å². The Morgan fingerprint density at radius 3 is 2.81 bits per heavy atom. The highest BCUT2D eigenvalue weighted by Crippen LogP contribution is 2.38. The first-order chi connectivity index (χ1) is 13.3. The van der Waals surface area contributed by atoms with Crippen molar-refractivity contribution in [1.82, 2.24) is 4.90 Å². The minimum atomic E-state index is 0.131. The Morgan fingerprint density at radius 2 is 1.89 bits per heavy atom. The van der Waals surface area contributed by atoms with E-state index in [2.05, 4.69) is 41.3 Å². The second-order valence-corrected chi connectivity index (χ2v) is 7.45. The van der Waals surface area contributed by atoms with Gasteiger partial charge in [0.15, 0.2) is 11.5 Å². The average molecular weight is 364 g/mol. The van der Waals surface area contributed by atoms with Crippen LogP contribution in [-0.4, -0.2) is 43.7 Å². The van der Waals surface area contributed by atoms with Crippen LogP contribution >= 0.6 is 0 Å². The van der Waals surface area contributed by atoms with E-state index < -0.39 is 0 Å². The molecule has 5 rings (SSSR count). The van der Waals surface area contributed by atoms with Crippen molar-refractivity contribution >= 4 is 11.6 Å². The van der Waals surface area contributed by atoms with Gasteiger partial charge in [0.05, 0.1) is 12.6 Å². The summed E-state index contributed by atoms with van der Waals surface area (Å²) in [6.07, 6.45) is 3.07. The number of hydrogen-bond donors (Lipinski definition) is 0. The number of rotatable bonds is 3. The first-order valence-electron chi connectivity index (χ1n) is 9.81. The van der Waals surface area contributed by atoms with E-state index in [1.54, 1.807) is 0 Å². The average Bonchev–Trinajstić information content (AvgIpc) is 3.35. The SMILES string of the molecule is O=C(CN1CCc2ccccc21)N1CCC[C@@H]1c1ccc2c(c1)OCCO2.